The molecule has 204 valence electrons. The first-order valence-corrected chi connectivity index (χ1v) is 12.3. The average molecular weight is 529 g/mol. The quantitative estimate of drug-likeness (QED) is 0.349. The lowest BCUT2D eigenvalue weighted by atomic mass is 9.82. The number of esters is 2. The topological polar surface area (TPSA) is 151 Å². The van der Waals surface area contributed by atoms with Gasteiger partial charge < -0.3 is 19.7 Å². The van der Waals surface area contributed by atoms with E-state index in [9.17, 15) is 34.2 Å². The largest absolute Gasteiger partial charge is 0.459 e. The Morgan fingerprint density at radius 3 is 1.84 bits per heavy atom. The van der Waals surface area contributed by atoms with E-state index in [2.05, 4.69) is 0 Å². The van der Waals surface area contributed by atoms with Gasteiger partial charge in [0.1, 0.15) is 24.7 Å². The summed E-state index contributed by atoms with van der Waals surface area (Å²) in [5.74, 6) is -2.78. The van der Waals surface area contributed by atoms with E-state index in [1.54, 1.807) is 38.1 Å². The van der Waals surface area contributed by atoms with Gasteiger partial charge in [-0.2, -0.15) is 0 Å². The Hall–Kier alpha value is -3.83. The molecule has 1 heterocycles. The van der Waals surface area contributed by atoms with Crippen LogP contribution in [0, 0.1) is 5.41 Å². The lowest BCUT2D eigenvalue weighted by Gasteiger charge is -2.41. The van der Waals surface area contributed by atoms with E-state index in [0.29, 0.717) is 17.2 Å². The minimum atomic E-state index is -1.44. The van der Waals surface area contributed by atoms with Gasteiger partial charge in [-0.1, -0.05) is 38.1 Å². The molecule has 11 heteroatoms. The number of imide groups is 2. The van der Waals surface area contributed by atoms with E-state index in [1.807, 2.05) is 0 Å². The number of fused-ring (bicyclic) bond motifs is 1. The smallest absolute Gasteiger partial charge is 0.338 e. The third-order valence-corrected chi connectivity index (χ3v) is 6.76. The first-order chi connectivity index (χ1) is 18.0. The number of amides is 4. The van der Waals surface area contributed by atoms with Gasteiger partial charge in [0.05, 0.1) is 23.8 Å². The van der Waals surface area contributed by atoms with Crippen molar-refractivity contribution in [1.82, 2.24) is 9.80 Å². The number of ether oxygens (including phenoxy) is 2. The summed E-state index contributed by atoms with van der Waals surface area (Å²) in [6, 6.07) is 8.59. The molecule has 1 aliphatic heterocycles. The highest BCUT2D eigenvalue weighted by atomic mass is 16.5. The zero-order chi connectivity index (χ0) is 28.2. The summed E-state index contributed by atoms with van der Waals surface area (Å²) in [6.45, 7) is 3.71. The second-order valence-electron chi connectivity index (χ2n) is 9.37. The molecule has 3 rings (SSSR count). The van der Waals surface area contributed by atoms with Crippen LogP contribution in [0.1, 0.15) is 54.3 Å². The molecule has 2 aromatic rings. The normalized spacial score (nSPS) is 19.5. The van der Waals surface area contributed by atoms with Crippen molar-refractivity contribution in [3.8, 4) is 0 Å². The summed E-state index contributed by atoms with van der Waals surface area (Å²) < 4.78 is 10.4. The predicted molar refractivity (Wildman–Crippen MR) is 135 cm³/mol. The summed E-state index contributed by atoms with van der Waals surface area (Å²) in [5, 5.41) is 21.0. The van der Waals surface area contributed by atoms with Gasteiger partial charge in [0.25, 0.3) is 0 Å². The van der Waals surface area contributed by atoms with Crippen LogP contribution >= 0.6 is 0 Å². The summed E-state index contributed by atoms with van der Waals surface area (Å²) in [5.41, 5.74) is -1.10. The number of aliphatic hydroxyl groups is 2. The molecule has 0 bridgehead atoms. The molecule has 0 aliphatic carbocycles. The molecular formula is C27H32N2O9. The van der Waals surface area contributed by atoms with Crippen LogP contribution in [0.2, 0.25) is 0 Å². The van der Waals surface area contributed by atoms with Crippen LogP contribution in [0.5, 0.6) is 0 Å². The van der Waals surface area contributed by atoms with Gasteiger partial charge in [0.15, 0.2) is 0 Å². The highest BCUT2D eigenvalue weighted by molar-refractivity contribution is 6.18. The fourth-order valence-corrected chi connectivity index (χ4v) is 4.11. The summed E-state index contributed by atoms with van der Waals surface area (Å²) in [6.07, 6.45) is -1.59. The van der Waals surface area contributed by atoms with Crippen LogP contribution in [0.25, 0.3) is 10.8 Å². The Bertz CT molecular complexity index is 1260. The van der Waals surface area contributed by atoms with Crippen molar-refractivity contribution in [3.63, 3.8) is 0 Å². The number of β-amino-alcohol motifs (C(OH)–C–C–N with tert-alkyl or cyclic N) is 1. The molecule has 0 radical (unpaired) electrons. The second-order valence-corrected chi connectivity index (χ2v) is 9.37. The third kappa shape index (κ3) is 5.53. The number of carbonyl (C=O) groups is 5. The summed E-state index contributed by atoms with van der Waals surface area (Å²) >= 11 is 0. The SMILES string of the molecule is CCC(O)COC(=O)c1ccc(C(=O)OCC(O)CN2C(=O)N(C)C(=O)C(C)(CC)C2=O)c2ccccc12. The standard InChI is InChI=1S/C27H32N2O9/c1-5-16(30)14-37-22(32)20-11-12-21(19-10-8-7-9-18(19)20)23(33)38-15-17(31)13-29-25(35)27(3,6-2)24(34)28(4)26(29)36/h7-12,16-17,30-31H,5-6,13-15H2,1-4H3. The maximum absolute atomic E-state index is 12.9. The van der Waals surface area contributed by atoms with E-state index in [0.717, 1.165) is 9.80 Å². The zero-order valence-electron chi connectivity index (χ0n) is 21.8. The predicted octanol–water partition coefficient (Wildman–Crippen LogP) is 2.12. The molecule has 1 fully saturated rings. The monoisotopic (exact) mass is 528 g/mol. The number of barbiturate groups is 1. The Kier molecular flexibility index (Phi) is 8.85. The molecule has 4 amide bonds. The van der Waals surface area contributed by atoms with Gasteiger partial charge in [-0.3, -0.25) is 19.4 Å². The van der Waals surface area contributed by atoms with E-state index in [4.69, 9.17) is 9.47 Å². The third-order valence-electron chi connectivity index (χ3n) is 6.76. The Labute approximate surface area is 219 Å². The molecule has 38 heavy (non-hydrogen) atoms. The molecule has 3 atom stereocenters. The molecule has 0 spiro atoms. The molecule has 0 aromatic heterocycles. The van der Waals surface area contributed by atoms with E-state index < -0.39 is 60.6 Å². The van der Waals surface area contributed by atoms with Crippen LogP contribution in [0.3, 0.4) is 0 Å². The maximum atomic E-state index is 12.9. The van der Waals surface area contributed by atoms with Gasteiger partial charge in [0.2, 0.25) is 11.8 Å². The van der Waals surface area contributed by atoms with Crippen molar-refractivity contribution in [2.45, 2.75) is 45.8 Å². The minimum absolute atomic E-state index is 0.131. The van der Waals surface area contributed by atoms with Gasteiger partial charge in [-0.05, 0) is 42.7 Å². The lowest BCUT2D eigenvalue weighted by molar-refractivity contribution is -0.157. The van der Waals surface area contributed by atoms with Gasteiger partial charge >= 0.3 is 18.0 Å². The van der Waals surface area contributed by atoms with Crippen LogP contribution in [0.15, 0.2) is 36.4 Å². The molecule has 1 saturated heterocycles. The second kappa shape index (κ2) is 11.7. The Morgan fingerprint density at radius 2 is 1.37 bits per heavy atom. The molecular weight excluding hydrogens is 496 g/mol. The number of benzene rings is 2. The van der Waals surface area contributed by atoms with E-state index >= 15 is 0 Å². The lowest BCUT2D eigenvalue weighted by Crippen LogP contribution is -2.64. The molecule has 1 aliphatic rings. The van der Waals surface area contributed by atoms with Crippen LogP contribution < -0.4 is 0 Å². The Morgan fingerprint density at radius 1 is 0.868 bits per heavy atom. The molecule has 11 nitrogen and oxygen atoms in total. The number of urea groups is 1. The van der Waals surface area contributed by atoms with Crippen LogP contribution in [0.4, 0.5) is 4.79 Å². The first kappa shape index (κ1) is 28.7. The van der Waals surface area contributed by atoms with Crippen molar-refractivity contribution in [3.05, 3.63) is 47.5 Å². The van der Waals surface area contributed by atoms with Crippen molar-refractivity contribution >= 4 is 40.6 Å². The van der Waals surface area contributed by atoms with Crippen molar-refractivity contribution in [1.29, 1.82) is 0 Å². The summed E-state index contributed by atoms with van der Waals surface area (Å²) in [4.78, 5) is 64.9. The van der Waals surface area contributed by atoms with Crippen molar-refractivity contribution in [2.75, 3.05) is 26.8 Å². The summed E-state index contributed by atoms with van der Waals surface area (Å²) in [7, 11) is 1.26. The van der Waals surface area contributed by atoms with Crippen LogP contribution in [-0.2, 0) is 19.1 Å². The number of hydrogen-bond donors (Lipinski definition) is 2. The van der Waals surface area contributed by atoms with E-state index in [1.165, 1.54) is 26.1 Å². The van der Waals surface area contributed by atoms with Gasteiger partial charge in [0, 0.05) is 7.05 Å². The Balaban J connectivity index is 1.72. The van der Waals surface area contributed by atoms with Crippen molar-refractivity contribution in [2.24, 2.45) is 5.41 Å². The number of hydrogen-bond acceptors (Lipinski definition) is 9. The highest BCUT2D eigenvalue weighted by Crippen LogP contribution is 2.32. The van der Waals surface area contributed by atoms with Gasteiger partial charge in [-0.25, -0.2) is 14.4 Å². The zero-order valence-corrected chi connectivity index (χ0v) is 21.8. The average Bonchev–Trinajstić information content (AvgIpc) is 2.93. The van der Waals surface area contributed by atoms with E-state index in [-0.39, 0.29) is 24.2 Å². The first-order valence-electron chi connectivity index (χ1n) is 12.3. The number of rotatable bonds is 10. The molecule has 3 unspecified atom stereocenters. The van der Waals surface area contributed by atoms with Crippen LogP contribution in [-0.4, -0.2) is 88.8 Å². The molecule has 0 saturated carbocycles. The minimum Gasteiger partial charge on any atom is -0.459 e. The number of carbonyl (C=O) groups excluding carboxylic acids is 5. The van der Waals surface area contributed by atoms with Gasteiger partial charge in [-0.15, -0.1) is 0 Å². The fourth-order valence-electron chi connectivity index (χ4n) is 4.11. The number of nitrogens with zero attached hydrogens (tertiary/aromatic N) is 2. The van der Waals surface area contributed by atoms with Crippen molar-refractivity contribution < 1.29 is 43.7 Å². The maximum Gasteiger partial charge on any atom is 0.338 e. The molecule has 2 aromatic carbocycles. The molecule has 2 N–H and O–H groups in total. The fraction of sp³-hybridized carbons (Fsp3) is 0.444. The highest BCUT2D eigenvalue weighted by Gasteiger charge is 2.52. The number of aliphatic hydroxyl groups excluding tert-OH is 2.